The number of amides is 1. The summed E-state index contributed by atoms with van der Waals surface area (Å²) in [4.78, 5) is 22.4. The largest absolute Gasteiger partial charge is 0.379 e. The first-order chi connectivity index (χ1) is 13.7. The van der Waals surface area contributed by atoms with Gasteiger partial charge in [0, 0.05) is 47.8 Å². The van der Waals surface area contributed by atoms with Gasteiger partial charge in [0.15, 0.2) is 0 Å². The second-order valence-electron chi connectivity index (χ2n) is 6.91. The van der Waals surface area contributed by atoms with Gasteiger partial charge in [0.25, 0.3) is 0 Å². The van der Waals surface area contributed by atoms with Crippen LogP contribution in [0.5, 0.6) is 0 Å². The molecule has 2 heterocycles. The molecule has 0 radical (unpaired) electrons. The van der Waals surface area contributed by atoms with E-state index >= 15 is 0 Å². The van der Waals surface area contributed by atoms with Crippen molar-refractivity contribution in [3.8, 4) is 0 Å². The van der Waals surface area contributed by atoms with Gasteiger partial charge in [-0.2, -0.15) is 0 Å². The second-order valence-corrected chi connectivity index (χ2v) is 7.83. The quantitative estimate of drug-likeness (QED) is 0.667. The first kappa shape index (κ1) is 19.0. The Bertz CT molecular complexity index is 924. The highest BCUT2D eigenvalue weighted by Gasteiger charge is 2.19. The molecule has 1 atom stereocenters. The normalized spacial score (nSPS) is 20.4. The molecule has 0 saturated carbocycles. The van der Waals surface area contributed by atoms with Crippen LogP contribution in [-0.4, -0.2) is 60.2 Å². The summed E-state index contributed by atoms with van der Waals surface area (Å²) in [6.45, 7) is 4.20. The molecule has 2 aromatic rings. The molecule has 8 heteroatoms. The van der Waals surface area contributed by atoms with Crippen LogP contribution in [0.2, 0.25) is 0 Å². The summed E-state index contributed by atoms with van der Waals surface area (Å²) in [6.07, 6.45) is 7.47. The van der Waals surface area contributed by atoms with Crippen molar-refractivity contribution in [3.05, 3.63) is 52.3 Å². The van der Waals surface area contributed by atoms with Gasteiger partial charge in [-0.05, 0) is 29.8 Å². The Hall–Kier alpha value is -2.29. The number of aromatic nitrogens is 2. The van der Waals surface area contributed by atoms with Crippen LogP contribution in [0.4, 0.5) is 5.95 Å². The first-order valence-electron chi connectivity index (χ1n) is 9.30. The van der Waals surface area contributed by atoms with Crippen LogP contribution < -0.4 is 10.6 Å². The summed E-state index contributed by atoms with van der Waals surface area (Å²) >= 11 is 3.47. The lowest BCUT2D eigenvalue weighted by atomic mass is 9.99. The third-order valence-corrected chi connectivity index (χ3v) is 5.32. The summed E-state index contributed by atoms with van der Waals surface area (Å²) in [5.41, 5.74) is 2.94. The van der Waals surface area contributed by atoms with Crippen LogP contribution >= 0.6 is 15.9 Å². The molecule has 1 fully saturated rings. The van der Waals surface area contributed by atoms with Crippen molar-refractivity contribution in [1.82, 2.24) is 20.2 Å². The van der Waals surface area contributed by atoms with E-state index in [1.54, 1.807) is 0 Å². The fraction of sp³-hybridized carbons (Fsp3) is 0.350. The molecule has 1 saturated heterocycles. The van der Waals surface area contributed by atoms with Crippen molar-refractivity contribution in [2.24, 2.45) is 0 Å². The van der Waals surface area contributed by atoms with Crippen molar-refractivity contribution in [2.75, 3.05) is 38.2 Å². The topological polar surface area (TPSA) is 79.4 Å². The summed E-state index contributed by atoms with van der Waals surface area (Å²) in [6, 6.07) is 5.94. The van der Waals surface area contributed by atoms with Gasteiger partial charge < -0.3 is 15.4 Å². The fourth-order valence-corrected chi connectivity index (χ4v) is 3.89. The zero-order valence-electron chi connectivity index (χ0n) is 15.4. The van der Waals surface area contributed by atoms with E-state index in [1.807, 2.05) is 24.4 Å². The van der Waals surface area contributed by atoms with Gasteiger partial charge >= 0.3 is 0 Å². The maximum absolute atomic E-state index is 11.0. The number of anilines is 1. The predicted molar refractivity (Wildman–Crippen MR) is 112 cm³/mol. The van der Waals surface area contributed by atoms with Gasteiger partial charge in [-0.25, -0.2) is 9.97 Å². The second kappa shape index (κ2) is 8.81. The third-order valence-electron chi connectivity index (χ3n) is 4.83. The Morgan fingerprint density at radius 2 is 2.18 bits per heavy atom. The minimum absolute atomic E-state index is 0.0105. The van der Waals surface area contributed by atoms with E-state index in [1.165, 1.54) is 5.57 Å². The number of fused-ring (bicyclic) bond motifs is 1. The number of hydrogen-bond donors (Lipinski definition) is 2. The molecule has 1 aliphatic carbocycles. The predicted octanol–water partition coefficient (Wildman–Crippen LogP) is 2.47. The molecule has 1 aromatic heterocycles. The van der Waals surface area contributed by atoms with E-state index in [4.69, 9.17) is 4.74 Å². The van der Waals surface area contributed by atoms with Crippen LogP contribution in [0, 0.1) is 0 Å². The van der Waals surface area contributed by atoms with Gasteiger partial charge in [0.2, 0.25) is 12.4 Å². The van der Waals surface area contributed by atoms with E-state index in [0.717, 1.165) is 60.3 Å². The number of ether oxygens (including phenoxy) is 1. The Labute approximate surface area is 172 Å². The summed E-state index contributed by atoms with van der Waals surface area (Å²) in [5, 5.41) is 7.19. The van der Waals surface area contributed by atoms with Crippen LogP contribution in [0.1, 0.15) is 6.42 Å². The minimum Gasteiger partial charge on any atom is -0.379 e. The Balaban J connectivity index is 1.51. The fourth-order valence-electron chi connectivity index (χ4n) is 3.51. The Morgan fingerprint density at radius 1 is 1.32 bits per heavy atom. The van der Waals surface area contributed by atoms with Crippen LogP contribution in [0.3, 0.4) is 0 Å². The van der Waals surface area contributed by atoms with E-state index < -0.39 is 0 Å². The molecule has 28 heavy (non-hydrogen) atoms. The Kier molecular flexibility index (Phi) is 5.99. The number of benzene rings is 1. The monoisotopic (exact) mass is 443 g/mol. The molecular formula is C20H22BrN5O2. The number of halogens is 1. The number of rotatable bonds is 6. The average Bonchev–Trinajstić information content (AvgIpc) is 2.69. The molecule has 0 spiro atoms. The van der Waals surface area contributed by atoms with Crippen molar-refractivity contribution >= 4 is 39.2 Å². The van der Waals surface area contributed by atoms with Crippen LogP contribution in [-0.2, 0) is 9.53 Å². The number of morpholine rings is 1. The number of carbonyl (C=O) groups is 1. The zero-order valence-corrected chi connectivity index (χ0v) is 17.0. The van der Waals surface area contributed by atoms with E-state index in [0.29, 0.717) is 12.4 Å². The molecule has 0 bridgehead atoms. The summed E-state index contributed by atoms with van der Waals surface area (Å²) in [5.74, 6) is 0.578. The van der Waals surface area contributed by atoms with Crippen molar-refractivity contribution in [1.29, 1.82) is 0 Å². The van der Waals surface area contributed by atoms with E-state index in [-0.39, 0.29) is 6.04 Å². The molecule has 1 unspecified atom stereocenters. The van der Waals surface area contributed by atoms with Gasteiger partial charge in [-0.1, -0.05) is 22.0 Å². The van der Waals surface area contributed by atoms with E-state index in [9.17, 15) is 4.79 Å². The highest BCUT2D eigenvalue weighted by atomic mass is 79.9. The zero-order chi connectivity index (χ0) is 19.3. The highest BCUT2D eigenvalue weighted by Crippen LogP contribution is 2.22. The molecule has 1 aromatic carbocycles. The lowest BCUT2D eigenvalue weighted by Crippen LogP contribution is -2.38. The van der Waals surface area contributed by atoms with Gasteiger partial charge in [0.1, 0.15) is 0 Å². The molecular weight excluding hydrogens is 422 g/mol. The van der Waals surface area contributed by atoms with Crippen molar-refractivity contribution < 1.29 is 9.53 Å². The van der Waals surface area contributed by atoms with Gasteiger partial charge in [0.05, 0.1) is 24.8 Å². The lowest BCUT2D eigenvalue weighted by Gasteiger charge is -2.29. The molecule has 2 N–H and O–H groups in total. The number of nitrogens with one attached hydrogen (secondary N) is 2. The smallest absolute Gasteiger partial charge is 0.223 e. The average molecular weight is 444 g/mol. The summed E-state index contributed by atoms with van der Waals surface area (Å²) in [7, 11) is 0. The molecule has 1 amide bonds. The lowest BCUT2D eigenvalue weighted by molar-refractivity contribution is -0.109. The van der Waals surface area contributed by atoms with Crippen molar-refractivity contribution in [3.63, 3.8) is 0 Å². The number of hydrogen-bond acceptors (Lipinski definition) is 6. The molecule has 7 nitrogen and oxygen atoms in total. The van der Waals surface area contributed by atoms with Crippen LogP contribution in [0.25, 0.3) is 10.9 Å². The van der Waals surface area contributed by atoms with Crippen molar-refractivity contribution in [2.45, 2.75) is 12.5 Å². The number of nitrogens with zero attached hydrogens (tertiary/aromatic N) is 3. The first-order valence-corrected chi connectivity index (χ1v) is 10.1. The standard InChI is InChI=1S/C20H22BrN5O2/c21-16-1-2-19-15(9-16)11-22-20(25-19)24-18-8-14(7-17(10-18)23-13-27)12-26-3-5-28-6-4-26/h1-2,7-9,11,13,18H,3-6,10,12H2,(H,23,27)(H,22,24,25). The molecule has 1 aliphatic heterocycles. The maximum atomic E-state index is 11.0. The molecule has 2 aliphatic rings. The van der Waals surface area contributed by atoms with Crippen LogP contribution in [0.15, 0.2) is 52.3 Å². The minimum atomic E-state index is 0.0105. The SMILES string of the molecule is O=CNC1=CC(CN2CCOCC2)=CC(Nc2ncc3cc(Br)ccc3n2)C1. The van der Waals surface area contributed by atoms with Gasteiger partial charge in [-0.15, -0.1) is 0 Å². The van der Waals surface area contributed by atoms with E-state index in [2.05, 4.69) is 53.6 Å². The summed E-state index contributed by atoms with van der Waals surface area (Å²) < 4.78 is 6.43. The molecule has 4 rings (SSSR count). The van der Waals surface area contributed by atoms with Gasteiger partial charge in [-0.3, -0.25) is 9.69 Å². The maximum Gasteiger partial charge on any atom is 0.223 e. The number of carbonyl (C=O) groups excluding carboxylic acids is 1. The third kappa shape index (κ3) is 4.76. The Morgan fingerprint density at radius 3 is 3.00 bits per heavy atom. The highest BCUT2D eigenvalue weighted by molar-refractivity contribution is 9.10. The molecule has 146 valence electrons.